The van der Waals surface area contributed by atoms with E-state index in [4.69, 9.17) is 9.51 Å². The first-order valence-electron chi connectivity index (χ1n) is 12.3. The number of nitrogens with zero attached hydrogens (tertiary/aromatic N) is 1. The van der Waals surface area contributed by atoms with Crippen LogP contribution in [0.25, 0.3) is 11.3 Å². The summed E-state index contributed by atoms with van der Waals surface area (Å²) in [5, 5.41) is 20.5. The number of pyridine rings is 1. The van der Waals surface area contributed by atoms with Gasteiger partial charge in [0.25, 0.3) is 0 Å². The first-order chi connectivity index (χ1) is 18.0. The minimum absolute atomic E-state index is 0.0269. The lowest BCUT2D eigenvalue weighted by molar-refractivity contribution is -0.146. The van der Waals surface area contributed by atoms with Gasteiger partial charge in [-0.25, -0.2) is 14.2 Å². The second-order valence-electron chi connectivity index (χ2n) is 9.79. The number of aliphatic carboxylic acids is 1. The molecule has 1 heterocycles. The van der Waals surface area contributed by atoms with Gasteiger partial charge in [-0.15, -0.1) is 0 Å². The Kier molecular flexibility index (Phi) is 9.27. The van der Waals surface area contributed by atoms with E-state index >= 15 is 0 Å². The van der Waals surface area contributed by atoms with Crippen molar-refractivity contribution < 1.29 is 28.5 Å². The van der Waals surface area contributed by atoms with Gasteiger partial charge in [-0.05, 0) is 35.2 Å². The van der Waals surface area contributed by atoms with Crippen molar-refractivity contribution >= 4 is 14.0 Å². The minimum atomic E-state index is -3.54. The third kappa shape index (κ3) is 5.73. The molecule has 6 nitrogen and oxygen atoms in total. The van der Waals surface area contributed by atoms with Gasteiger partial charge in [0.05, 0.1) is 11.4 Å². The van der Waals surface area contributed by atoms with Gasteiger partial charge in [0.2, 0.25) is 13.2 Å². The molecule has 0 saturated carbocycles. The largest absolute Gasteiger partial charge is 0.480 e. The Balaban J connectivity index is 2.43. The molecule has 0 spiro atoms. The van der Waals surface area contributed by atoms with Gasteiger partial charge in [0.15, 0.2) is 0 Å². The van der Waals surface area contributed by atoms with E-state index in [-0.39, 0.29) is 24.0 Å². The standard InChI is InChI=1S/C30H33FNO5P/c1-20(2)17-18-30(28(33)34,38(36)37-5)29(35,19-22-11-13-24(31)14-12-22)26-16-15-25(21(3)4)27(32-26)23-9-7-6-8-10-23/h6-16,20-21,35,38H,19H2,1-5H3,(H,33,34). The van der Waals surface area contributed by atoms with Crippen LogP contribution in [0.15, 0.2) is 66.7 Å². The van der Waals surface area contributed by atoms with Crippen molar-refractivity contribution in [2.24, 2.45) is 5.92 Å². The van der Waals surface area contributed by atoms with Gasteiger partial charge in [-0.2, -0.15) is 0 Å². The molecule has 0 aliphatic heterocycles. The molecular weight excluding hydrogens is 504 g/mol. The minimum Gasteiger partial charge on any atom is -0.480 e. The van der Waals surface area contributed by atoms with Crippen LogP contribution in [-0.2, 0) is 25.9 Å². The van der Waals surface area contributed by atoms with Crippen LogP contribution in [0, 0.1) is 23.6 Å². The van der Waals surface area contributed by atoms with Crippen LogP contribution in [0.3, 0.4) is 0 Å². The lowest BCUT2D eigenvalue weighted by Gasteiger charge is -2.40. The topological polar surface area (TPSA) is 96.7 Å². The molecule has 0 saturated heterocycles. The number of carbonyl (C=O) groups is 1. The van der Waals surface area contributed by atoms with Crippen LogP contribution < -0.4 is 0 Å². The van der Waals surface area contributed by atoms with Crippen LogP contribution in [0.1, 0.15) is 50.4 Å². The molecule has 0 radical (unpaired) electrons. The molecule has 2 aromatic carbocycles. The Morgan fingerprint density at radius 2 is 1.68 bits per heavy atom. The average molecular weight is 538 g/mol. The molecular formula is C30H33FNO5P. The molecule has 1 aromatic heterocycles. The van der Waals surface area contributed by atoms with Gasteiger partial charge in [0.1, 0.15) is 11.4 Å². The highest BCUT2D eigenvalue weighted by Gasteiger charge is 2.62. The number of hydrogen-bond acceptors (Lipinski definition) is 5. The third-order valence-electron chi connectivity index (χ3n) is 6.37. The molecule has 200 valence electrons. The van der Waals surface area contributed by atoms with Gasteiger partial charge < -0.3 is 14.7 Å². The number of carboxylic acid groups (broad SMARTS) is 1. The normalized spacial score (nSPS) is 15.3. The van der Waals surface area contributed by atoms with E-state index in [1.165, 1.54) is 24.3 Å². The summed E-state index contributed by atoms with van der Waals surface area (Å²) in [6, 6.07) is 18.0. The summed E-state index contributed by atoms with van der Waals surface area (Å²) in [6.07, 6.45) is -0.353. The molecule has 0 fully saturated rings. The van der Waals surface area contributed by atoms with Crippen LogP contribution in [-0.4, -0.2) is 33.4 Å². The molecule has 0 aliphatic rings. The Morgan fingerprint density at radius 1 is 1.05 bits per heavy atom. The van der Waals surface area contributed by atoms with Gasteiger partial charge in [-0.1, -0.05) is 88.1 Å². The molecule has 8 heteroatoms. The summed E-state index contributed by atoms with van der Waals surface area (Å²) >= 11 is 0. The highest BCUT2D eigenvalue weighted by atomic mass is 31.1. The van der Waals surface area contributed by atoms with Crippen molar-refractivity contribution in [3.8, 4) is 23.1 Å². The predicted molar refractivity (Wildman–Crippen MR) is 147 cm³/mol. The van der Waals surface area contributed by atoms with E-state index in [0.717, 1.165) is 18.2 Å². The number of halogens is 1. The highest BCUT2D eigenvalue weighted by molar-refractivity contribution is 7.43. The van der Waals surface area contributed by atoms with E-state index in [0.29, 0.717) is 11.3 Å². The zero-order valence-electron chi connectivity index (χ0n) is 22.2. The summed E-state index contributed by atoms with van der Waals surface area (Å²) in [7, 11) is -2.42. The maximum atomic E-state index is 13.7. The SMILES string of the molecule is CO[PH](=O)C(C#CC(C)C)(C(=O)O)C(O)(Cc1ccc(F)cc1)c1ccc(C(C)C)c(-c2ccccc2)n1. The molecule has 2 N–H and O–H groups in total. The monoisotopic (exact) mass is 537 g/mol. The fourth-order valence-corrected chi connectivity index (χ4v) is 5.56. The molecule has 0 aliphatic carbocycles. The highest BCUT2D eigenvalue weighted by Crippen LogP contribution is 2.53. The molecule has 0 amide bonds. The number of aliphatic hydroxyl groups is 1. The summed E-state index contributed by atoms with van der Waals surface area (Å²) in [5.74, 6) is 3.14. The Labute approximate surface area is 223 Å². The van der Waals surface area contributed by atoms with Gasteiger partial charge in [-0.3, -0.25) is 4.57 Å². The third-order valence-corrected chi connectivity index (χ3v) is 8.11. The van der Waals surface area contributed by atoms with Crippen molar-refractivity contribution in [3.63, 3.8) is 0 Å². The van der Waals surface area contributed by atoms with Crippen molar-refractivity contribution in [2.75, 3.05) is 7.11 Å². The second kappa shape index (κ2) is 12.0. The Morgan fingerprint density at radius 3 is 2.21 bits per heavy atom. The lowest BCUT2D eigenvalue weighted by atomic mass is 9.77. The Hall–Kier alpha value is -3.30. The van der Waals surface area contributed by atoms with E-state index < -0.39 is 30.6 Å². The fourth-order valence-electron chi connectivity index (χ4n) is 4.35. The number of rotatable bonds is 9. The van der Waals surface area contributed by atoms with Crippen molar-refractivity contribution in [3.05, 3.63) is 89.4 Å². The Bertz CT molecular complexity index is 1360. The molecule has 3 unspecified atom stereocenters. The van der Waals surface area contributed by atoms with Gasteiger partial charge >= 0.3 is 5.97 Å². The number of benzene rings is 2. The van der Waals surface area contributed by atoms with E-state index in [2.05, 4.69) is 11.8 Å². The second-order valence-corrected chi connectivity index (χ2v) is 11.5. The van der Waals surface area contributed by atoms with Crippen LogP contribution >= 0.6 is 8.03 Å². The van der Waals surface area contributed by atoms with E-state index in [1.54, 1.807) is 26.0 Å². The smallest absolute Gasteiger partial charge is 0.335 e. The molecule has 0 bridgehead atoms. The zero-order valence-corrected chi connectivity index (χ0v) is 23.2. The maximum absolute atomic E-state index is 13.7. The summed E-state index contributed by atoms with van der Waals surface area (Å²) < 4.78 is 32.3. The zero-order chi connectivity index (χ0) is 28.1. The molecule has 3 rings (SSSR count). The summed E-state index contributed by atoms with van der Waals surface area (Å²) in [5.41, 5.74) is 0.190. The van der Waals surface area contributed by atoms with Crippen LogP contribution in [0.5, 0.6) is 0 Å². The first kappa shape index (κ1) is 29.3. The maximum Gasteiger partial charge on any atom is 0.335 e. The lowest BCUT2D eigenvalue weighted by Crippen LogP contribution is -2.56. The van der Waals surface area contributed by atoms with E-state index in [1.807, 2.05) is 44.2 Å². The van der Waals surface area contributed by atoms with E-state index in [9.17, 15) is 24.0 Å². The fraction of sp³-hybridized carbons (Fsp3) is 0.333. The van der Waals surface area contributed by atoms with Crippen molar-refractivity contribution in [2.45, 2.75) is 50.8 Å². The van der Waals surface area contributed by atoms with Crippen molar-refractivity contribution in [1.82, 2.24) is 4.98 Å². The van der Waals surface area contributed by atoms with Crippen LogP contribution in [0.2, 0.25) is 0 Å². The summed E-state index contributed by atoms with van der Waals surface area (Å²) in [4.78, 5) is 17.8. The van der Waals surface area contributed by atoms with Crippen molar-refractivity contribution in [1.29, 1.82) is 0 Å². The average Bonchev–Trinajstić information content (AvgIpc) is 2.89. The number of carboxylic acids is 1. The number of aromatic nitrogens is 1. The quantitative estimate of drug-likeness (QED) is 0.255. The first-order valence-corrected chi connectivity index (χ1v) is 13.7. The number of hydrogen-bond donors (Lipinski definition) is 2. The molecule has 3 atom stereocenters. The molecule has 38 heavy (non-hydrogen) atoms. The summed E-state index contributed by atoms with van der Waals surface area (Å²) in [6.45, 7) is 7.53. The van der Waals surface area contributed by atoms with Gasteiger partial charge in [0, 0.05) is 25.0 Å². The molecule has 3 aromatic rings. The van der Waals surface area contributed by atoms with Crippen LogP contribution in [0.4, 0.5) is 4.39 Å². The predicted octanol–water partition coefficient (Wildman–Crippen LogP) is 6.05.